The molecule has 0 fully saturated rings. The fourth-order valence-corrected chi connectivity index (χ4v) is 3.37. The van der Waals surface area contributed by atoms with Gasteiger partial charge in [0.2, 0.25) is 5.91 Å². The van der Waals surface area contributed by atoms with Crippen LogP contribution in [0.4, 0.5) is 5.69 Å². The number of amides is 2. The SMILES string of the molecule is Cc1cc(Br)ccc1NC(=O)CNC(=O)c1cc2cnn(C(C)C)c2nc1C. The van der Waals surface area contributed by atoms with Gasteiger partial charge in [0.1, 0.15) is 0 Å². The van der Waals surface area contributed by atoms with E-state index in [1.54, 1.807) is 19.2 Å². The van der Waals surface area contributed by atoms with Gasteiger partial charge in [-0.1, -0.05) is 15.9 Å². The Labute approximate surface area is 171 Å². The van der Waals surface area contributed by atoms with Gasteiger partial charge in [0, 0.05) is 21.6 Å². The van der Waals surface area contributed by atoms with E-state index in [0.717, 1.165) is 21.1 Å². The van der Waals surface area contributed by atoms with Crippen molar-refractivity contribution in [2.75, 3.05) is 11.9 Å². The van der Waals surface area contributed by atoms with Gasteiger partial charge in [-0.15, -0.1) is 0 Å². The molecule has 146 valence electrons. The molecular formula is C20H22BrN5O2. The lowest BCUT2D eigenvalue weighted by Gasteiger charge is -2.11. The minimum Gasteiger partial charge on any atom is -0.343 e. The summed E-state index contributed by atoms with van der Waals surface area (Å²) in [6.07, 6.45) is 1.70. The summed E-state index contributed by atoms with van der Waals surface area (Å²) in [6, 6.07) is 7.51. The predicted molar refractivity (Wildman–Crippen MR) is 112 cm³/mol. The standard InChI is InChI=1S/C20H22BrN5O2/c1-11(2)26-19-14(9-23-26)8-16(13(4)24-19)20(28)22-10-18(27)25-17-6-5-15(21)7-12(17)3/h5-9,11H,10H2,1-4H3,(H,22,28)(H,25,27). The molecule has 0 unspecified atom stereocenters. The molecule has 3 aromatic rings. The molecule has 0 radical (unpaired) electrons. The molecule has 0 saturated heterocycles. The number of pyridine rings is 1. The van der Waals surface area contributed by atoms with E-state index < -0.39 is 0 Å². The highest BCUT2D eigenvalue weighted by molar-refractivity contribution is 9.10. The van der Waals surface area contributed by atoms with Gasteiger partial charge in [-0.3, -0.25) is 9.59 Å². The maximum absolute atomic E-state index is 12.6. The molecule has 3 rings (SSSR count). The van der Waals surface area contributed by atoms with Crippen LogP contribution in [0.1, 0.15) is 41.5 Å². The monoisotopic (exact) mass is 443 g/mol. The Bertz CT molecular complexity index is 1060. The lowest BCUT2D eigenvalue weighted by Crippen LogP contribution is -2.33. The van der Waals surface area contributed by atoms with E-state index in [2.05, 4.69) is 36.6 Å². The molecule has 0 saturated carbocycles. The third-order valence-corrected chi connectivity index (χ3v) is 4.86. The van der Waals surface area contributed by atoms with Crippen molar-refractivity contribution in [3.63, 3.8) is 0 Å². The molecule has 7 nitrogen and oxygen atoms in total. The topological polar surface area (TPSA) is 88.9 Å². The van der Waals surface area contributed by atoms with Gasteiger partial charge < -0.3 is 10.6 Å². The van der Waals surface area contributed by atoms with E-state index in [0.29, 0.717) is 16.9 Å². The van der Waals surface area contributed by atoms with Crippen molar-refractivity contribution < 1.29 is 9.59 Å². The second kappa shape index (κ2) is 8.10. The summed E-state index contributed by atoms with van der Waals surface area (Å²) in [6.45, 7) is 7.60. The fourth-order valence-electron chi connectivity index (χ4n) is 2.89. The number of halogens is 1. The number of fused-ring (bicyclic) bond motifs is 1. The second-order valence-corrected chi connectivity index (χ2v) is 7.82. The first-order valence-corrected chi connectivity index (χ1v) is 9.74. The van der Waals surface area contributed by atoms with Crippen LogP contribution in [0.2, 0.25) is 0 Å². The number of hydrogen-bond acceptors (Lipinski definition) is 4. The summed E-state index contributed by atoms with van der Waals surface area (Å²) in [5.74, 6) is -0.634. The zero-order chi connectivity index (χ0) is 20.4. The molecule has 2 heterocycles. The molecule has 2 aromatic heterocycles. The number of carbonyl (C=O) groups is 2. The first kappa shape index (κ1) is 20.0. The Hall–Kier alpha value is -2.74. The third-order valence-electron chi connectivity index (χ3n) is 4.37. The maximum Gasteiger partial charge on any atom is 0.253 e. The number of aryl methyl sites for hydroxylation is 2. The average Bonchev–Trinajstić information content (AvgIpc) is 3.04. The lowest BCUT2D eigenvalue weighted by molar-refractivity contribution is -0.115. The Morgan fingerprint density at radius 2 is 1.96 bits per heavy atom. The molecular weight excluding hydrogens is 422 g/mol. The lowest BCUT2D eigenvalue weighted by atomic mass is 10.1. The highest BCUT2D eigenvalue weighted by Crippen LogP contribution is 2.20. The van der Waals surface area contributed by atoms with Crippen molar-refractivity contribution >= 4 is 44.5 Å². The number of rotatable bonds is 5. The van der Waals surface area contributed by atoms with Crippen molar-refractivity contribution in [3.8, 4) is 0 Å². The molecule has 2 N–H and O–H groups in total. The molecule has 2 amide bonds. The van der Waals surface area contributed by atoms with Crippen LogP contribution in [0, 0.1) is 13.8 Å². The van der Waals surface area contributed by atoms with Gasteiger partial charge in [-0.2, -0.15) is 5.10 Å². The molecule has 0 aliphatic rings. The number of anilines is 1. The van der Waals surface area contributed by atoms with Crippen LogP contribution in [-0.4, -0.2) is 33.1 Å². The van der Waals surface area contributed by atoms with Gasteiger partial charge >= 0.3 is 0 Å². The summed E-state index contributed by atoms with van der Waals surface area (Å²) in [4.78, 5) is 29.3. The van der Waals surface area contributed by atoms with E-state index in [9.17, 15) is 9.59 Å². The zero-order valence-corrected chi connectivity index (χ0v) is 17.8. The fraction of sp³-hybridized carbons (Fsp3) is 0.300. The van der Waals surface area contributed by atoms with Gasteiger partial charge in [-0.05, 0) is 57.5 Å². The van der Waals surface area contributed by atoms with Gasteiger partial charge in [0.25, 0.3) is 5.91 Å². The van der Waals surface area contributed by atoms with E-state index in [4.69, 9.17) is 0 Å². The van der Waals surface area contributed by atoms with Crippen molar-refractivity contribution in [2.24, 2.45) is 0 Å². The summed E-state index contributed by atoms with van der Waals surface area (Å²) in [5, 5.41) is 10.6. The van der Waals surface area contributed by atoms with Crippen LogP contribution < -0.4 is 10.6 Å². The molecule has 0 spiro atoms. The van der Waals surface area contributed by atoms with Crippen molar-refractivity contribution in [2.45, 2.75) is 33.7 Å². The Balaban J connectivity index is 1.69. The number of benzene rings is 1. The number of nitrogens with zero attached hydrogens (tertiary/aromatic N) is 3. The van der Waals surface area contributed by atoms with E-state index in [-0.39, 0.29) is 24.4 Å². The quantitative estimate of drug-likeness (QED) is 0.627. The number of hydrogen-bond donors (Lipinski definition) is 2. The maximum atomic E-state index is 12.6. The van der Waals surface area contributed by atoms with Crippen molar-refractivity contribution in [3.05, 3.63) is 51.8 Å². The average molecular weight is 444 g/mol. The Kier molecular flexibility index (Phi) is 5.79. The summed E-state index contributed by atoms with van der Waals surface area (Å²) >= 11 is 3.39. The Morgan fingerprint density at radius 3 is 2.64 bits per heavy atom. The van der Waals surface area contributed by atoms with E-state index in [1.165, 1.54) is 0 Å². The molecule has 1 aromatic carbocycles. The predicted octanol–water partition coefficient (Wildman–Crippen LogP) is 3.76. The molecule has 0 aliphatic carbocycles. The van der Waals surface area contributed by atoms with Gasteiger partial charge in [0.05, 0.1) is 24.0 Å². The highest BCUT2D eigenvalue weighted by atomic mass is 79.9. The molecule has 28 heavy (non-hydrogen) atoms. The number of aromatic nitrogens is 3. The van der Waals surface area contributed by atoms with Crippen LogP contribution in [0.3, 0.4) is 0 Å². The Morgan fingerprint density at radius 1 is 1.21 bits per heavy atom. The van der Waals surface area contributed by atoms with Crippen LogP contribution >= 0.6 is 15.9 Å². The summed E-state index contributed by atoms with van der Waals surface area (Å²) in [5.41, 5.74) is 3.41. The molecule has 8 heteroatoms. The minimum atomic E-state index is -0.341. The smallest absolute Gasteiger partial charge is 0.253 e. The van der Waals surface area contributed by atoms with E-state index in [1.807, 2.05) is 43.7 Å². The summed E-state index contributed by atoms with van der Waals surface area (Å²) < 4.78 is 2.76. The first-order chi connectivity index (χ1) is 13.3. The highest BCUT2D eigenvalue weighted by Gasteiger charge is 2.16. The van der Waals surface area contributed by atoms with Crippen LogP contribution in [0.5, 0.6) is 0 Å². The summed E-state index contributed by atoms with van der Waals surface area (Å²) in [7, 11) is 0. The third kappa shape index (κ3) is 4.22. The second-order valence-electron chi connectivity index (χ2n) is 6.91. The van der Waals surface area contributed by atoms with Crippen LogP contribution in [0.15, 0.2) is 34.9 Å². The van der Waals surface area contributed by atoms with Crippen LogP contribution in [0.25, 0.3) is 11.0 Å². The van der Waals surface area contributed by atoms with Crippen molar-refractivity contribution in [1.82, 2.24) is 20.1 Å². The first-order valence-electron chi connectivity index (χ1n) is 8.95. The largest absolute Gasteiger partial charge is 0.343 e. The van der Waals surface area contributed by atoms with Crippen molar-refractivity contribution in [1.29, 1.82) is 0 Å². The van der Waals surface area contributed by atoms with Gasteiger partial charge in [-0.25, -0.2) is 9.67 Å². The van der Waals surface area contributed by atoms with Gasteiger partial charge in [0.15, 0.2) is 5.65 Å². The van der Waals surface area contributed by atoms with Crippen LogP contribution in [-0.2, 0) is 4.79 Å². The number of carbonyl (C=O) groups excluding carboxylic acids is 2. The normalized spacial score (nSPS) is 11.1. The molecule has 0 atom stereocenters. The zero-order valence-electron chi connectivity index (χ0n) is 16.2. The number of nitrogens with one attached hydrogen (secondary N) is 2. The van der Waals surface area contributed by atoms with E-state index >= 15 is 0 Å². The minimum absolute atomic E-state index is 0.128. The molecule has 0 aliphatic heterocycles. The molecule has 0 bridgehead atoms.